The molecule has 17 aliphatic carbocycles. The molecule has 0 amide bonds. The predicted octanol–water partition coefficient (Wildman–Crippen LogP) is 11.8. The fourth-order valence-electron chi connectivity index (χ4n) is 26.8. The van der Waals surface area contributed by atoms with Gasteiger partial charge in [0.1, 0.15) is 16.8 Å². The lowest BCUT2D eigenvalue weighted by Crippen LogP contribution is -2.55. The molecule has 4 spiro atoms. The molecule has 3 heterocycles. The molecular formula is C70H85N3O10. The molecule has 20 aliphatic rings. The van der Waals surface area contributed by atoms with Gasteiger partial charge in [0, 0.05) is 64.8 Å². The van der Waals surface area contributed by atoms with Crippen molar-refractivity contribution in [3.8, 4) is 0 Å². The number of oxime groups is 3. The Bertz CT molecular complexity index is 3240. The lowest BCUT2D eigenvalue weighted by atomic mass is 9.47. The number of hydrogen-bond acceptors (Lipinski definition) is 13. The van der Waals surface area contributed by atoms with Crippen LogP contribution in [0.15, 0.2) is 86.9 Å². The summed E-state index contributed by atoms with van der Waals surface area (Å²) in [5.74, 6) is 13.4. The van der Waals surface area contributed by atoms with Crippen LogP contribution >= 0.6 is 0 Å². The third-order valence-electron chi connectivity index (χ3n) is 30.0. The number of allylic oxidation sites excluding steroid dienone is 5. The van der Waals surface area contributed by atoms with Gasteiger partial charge in [0.25, 0.3) is 0 Å². The summed E-state index contributed by atoms with van der Waals surface area (Å²) in [6.07, 6.45) is 41.2. The van der Waals surface area contributed by atoms with Crippen LogP contribution in [0.25, 0.3) is 0 Å². The zero-order chi connectivity index (χ0) is 56.3. The maximum Gasteiger partial charge on any atom is 0.331 e. The fourth-order valence-corrected chi connectivity index (χ4v) is 26.8. The molecule has 0 aromatic heterocycles. The fraction of sp³-hybridized carbons (Fsp3) is 0.743. The van der Waals surface area contributed by atoms with Gasteiger partial charge in [-0.3, -0.25) is 0 Å². The SMILES string of the molecule is C[C@]12CCC3C(C4CC4C4=C/C(=N/O)CC[C@@H]43)C1C1CC1[C@@]21C=CC(=O)O1.C[C@]12CCC3C(CC(CO)C4=C/C(=N/O)CC[C@@H]43)C1C1CC1[C@@]21C=CC(=O)O1.C[C@]12CCC3C(CC4(CC4)C4=C/C(=N/O)CC[C@@H]43)C1C1CC1[C@@]21C=CC(=O)O1. The Morgan fingerprint density at radius 3 is 1.43 bits per heavy atom. The summed E-state index contributed by atoms with van der Waals surface area (Å²) in [6, 6.07) is 0. The standard InChI is InChI=1S/C24H29NO3.C23H29NO4.C23H27NO3/c1-22-6-4-14-15-3-2-13(25-27)10-18(15)23(8-9-23)12-17(14)21(22)16-11-19(16)24(22)7-5-20(26)28-24;1-22-6-4-15-14-3-2-13(24-27)9-16(14)12(11-25)8-17(15)21(22)18-10-19(18)23(22)7-5-20(26)28-23;1-22-6-4-13-12-3-2-11(24-26)8-14(12)15-9-16(15)20(13)21(22)17-10-18(17)23(22)7-5-19(25)27-23/h5,7,10,14-17,19,21,27H,2-4,6,8-9,11-12H2,1H3;5,7,9,12,14-15,17-19,21,25,27H,2-4,6,8,10-11H2,1H3;5,7-8,12-13,15-18,20-21,26H,2-4,6,9-10H2,1H3/b25-13+;24-13+;24-11+/t14?,15-,16?,17?,19?,21?,22+,24+;12?,14-,15?,17?,18?,19?,21?,22+,23+;12-,13?,15?,16?,17?,18?,20?,21?,22+,23+/m111/s1. The molecule has 27 atom stereocenters. The lowest BCUT2D eigenvalue weighted by Gasteiger charge is -2.58. The van der Waals surface area contributed by atoms with E-state index in [1.807, 2.05) is 0 Å². The van der Waals surface area contributed by atoms with Crippen LogP contribution in [0.4, 0.5) is 0 Å². The van der Waals surface area contributed by atoms with E-state index in [0.29, 0.717) is 70.5 Å². The van der Waals surface area contributed by atoms with Gasteiger partial charge in [0.2, 0.25) is 0 Å². The first kappa shape index (κ1) is 51.4. The van der Waals surface area contributed by atoms with Gasteiger partial charge < -0.3 is 34.9 Å². The van der Waals surface area contributed by atoms with E-state index in [4.69, 9.17) is 14.2 Å². The van der Waals surface area contributed by atoms with E-state index in [1.54, 1.807) is 29.4 Å². The third-order valence-corrected chi connectivity index (χ3v) is 30.0. The highest BCUT2D eigenvalue weighted by atomic mass is 16.6. The number of rotatable bonds is 1. The molecule has 0 bridgehead atoms. The van der Waals surface area contributed by atoms with Gasteiger partial charge in [-0.2, -0.15) is 0 Å². The van der Waals surface area contributed by atoms with Crippen LogP contribution < -0.4 is 0 Å². The van der Waals surface area contributed by atoms with Crippen molar-refractivity contribution in [2.75, 3.05) is 6.61 Å². The highest BCUT2D eigenvalue weighted by molar-refractivity contribution is 5.97. The van der Waals surface area contributed by atoms with Crippen LogP contribution in [0.5, 0.6) is 0 Å². The number of esters is 3. The lowest BCUT2D eigenvalue weighted by molar-refractivity contribution is -0.169. The number of aliphatic hydroxyl groups is 1. The second-order valence-electron chi connectivity index (χ2n) is 32.2. The molecule has 3 aliphatic heterocycles. The van der Waals surface area contributed by atoms with Gasteiger partial charge in [-0.15, -0.1) is 0 Å². The molecule has 18 unspecified atom stereocenters. The van der Waals surface area contributed by atoms with Crippen molar-refractivity contribution >= 4 is 35.0 Å². The van der Waals surface area contributed by atoms with Crippen molar-refractivity contribution in [1.82, 2.24) is 0 Å². The van der Waals surface area contributed by atoms with Crippen LogP contribution in [0, 0.1) is 146 Å². The minimum Gasteiger partial charge on any atom is -0.451 e. The Morgan fingerprint density at radius 1 is 0.470 bits per heavy atom. The van der Waals surface area contributed by atoms with Crippen molar-refractivity contribution in [2.24, 2.45) is 161 Å². The highest BCUT2D eigenvalue weighted by Gasteiger charge is 2.82. The van der Waals surface area contributed by atoms with Crippen molar-refractivity contribution < 1.29 is 49.3 Å². The number of aliphatic hydroxyl groups excluding tert-OH is 1. The van der Waals surface area contributed by atoms with Crippen LogP contribution in [0.3, 0.4) is 0 Å². The summed E-state index contributed by atoms with van der Waals surface area (Å²) in [5.41, 5.74) is 6.78. The van der Waals surface area contributed by atoms with E-state index >= 15 is 0 Å². The van der Waals surface area contributed by atoms with E-state index < -0.39 is 0 Å². The summed E-state index contributed by atoms with van der Waals surface area (Å²) in [5, 5.41) is 48.5. The van der Waals surface area contributed by atoms with Crippen LogP contribution in [0.1, 0.15) is 149 Å². The summed E-state index contributed by atoms with van der Waals surface area (Å²) in [4.78, 5) is 36.2. The predicted molar refractivity (Wildman–Crippen MR) is 305 cm³/mol. The van der Waals surface area contributed by atoms with E-state index in [0.717, 1.165) is 128 Å². The zero-order valence-electron chi connectivity index (χ0n) is 48.7. The van der Waals surface area contributed by atoms with Crippen molar-refractivity contribution in [3.63, 3.8) is 0 Å². The minimum absolute atomic E-state index is 0.0258. The number of carbonyl (C=O) groups is 3. The first-order valence-corrected chi connectivity index (χ1v) is 33.3. The van der Waals surface area contributed by atoms with E-state index in [1.165, 1.54) is 76.2 Å². The summed E-state index contributed by atoms with van der Waals surface area (Å²) >= 11 is 0. The Hall–Kier alpha value is -4.78. The van der Waals surface area contributed by atoms with Gasteiger partial charge in [0.05, 0.1) is 17.1 Å². The van der Waals surface area contributed by atoms with Gasteiger partial charge in [0.15, 0.2) is 0 Å². The maximum absolute atomic E-state index is 12.1. The van der Waals surface area contributed by atoms with E-state index in [2.05, 4.69) is 72.7 Å². The molecule has 14 saturated carbocycles. The highest BCUT2D eigenvalue weighted by Crippen LogP contribution is 2.83. The summed E-state index contributed by atoms with van der Waals surface area (Å²) in [6.45, 7) is 7.44. The Morgan fingerprint density at radius 2 is 0.928 bits per heavy atom. The maximum atomic E-state index is 12.1. The second-order valence-corrected chi connectivity index (χ2v) is 32.2. The Kier molecular flexibility index (Phi) is 10.4. The molecule has 13 nitrogen and oxygen atoms in total. The van der Waals surface area contributed by atoms with E-state index in [9.17, 15) is 35.1 Å². The molecule has 440 valence electrons. The first-order chi connectivity index (χ1) is 40.1. The molecule has 4 N–H and O–H groups in total. The average molecular weight is 1130 g/mol. The number of carbonyl (C=O) groups excluding carboxylic acids is 3. The number of nitrogens with zero attached hydrogens (tertiary/aromatic N) is 3. The number of ether oxygens (including phenoxy) is 3. The zero-order valence-corrected chi connectivity index (χ0v) is 48.7. The van der Waals surface area contributed by atoms with Crippen LogP contribution in [0.2, 0.25) is 0 Å². The minimum atomic E-state index is -0.376. The molecular weight excluding hydrogens is 1040 g/mol. The van der Waals surface area contributed by atoms with Crippen molar-refractivity contribution in [1.29, 1.82) is 0 Å². The quantitative estimate of drug-likeness (QED) is 0.0848. The smallest absolute Gasteiger partial charge is 0.331 e. The number of fused-ring (bicyclic) bond motifs is 31. The molecule has 13 heteroatoms. The molecule has 0 aromatic carbocycles. The molecule has 14 fully saturated rings. The second kappa shape index (κ2) is 16.8. The average Bonchev–Trinajstić information content (AvgIpc) is 1.59. The largest absolute Gasteiger partial charge is 0.451 e. The van der Waals surface area contributed by atoms with Gasteiger partial charge in [-0.05, 0) is 271 Å². The molecule has 20 rings (SSSR count). The molecule has 0 aromatic rings. The third kappa shape index (κ3) is 6.45. The van der Waals surface area contributed by atoms with Crippen LogP contribution in [-0.2, 0) is 28.6 Å². The van der Waals surface area contributed by atoms with Crippen molar-refractivity contribution in [3.05, 3.63) is 71.4 Å². The van der Waals surface area contributed by atoms with E-state index in [-0.39, 0.29) is 63.5 Å². The Labute approximate surface area is 487 Å². The Balaban J connectivity index is 0.0000000951. The normalized spacial score (nSPS) is 56.7. The summed E-state index contributed by atoms with van der Waals surface area (Å²) < 4.78 is 18.3. The van der Waals surface area contributed by atoms with Gasteiger partial charge in [-0.1, -0.05) is 53.0 Å². The number of hydrogen-bond donors (Lipinski definition) is 4. The molecule has 83 heavy (non-hydrogen) atoms. The molecule has 0 radical (unpaired) electrons. The topological polar surface area (TPSA) is 197 Å². The van der Waals surface area contributed by atoms with Crippen LogP contribution in [-0.4, -0.2) is 79.2 Å². The summed E-state index contributed by atoms with van der Waals surface area (Å²) in [7, 11) is 0. The molecule has 0 saturated heterocycles. The van der Waals surface area contributed by atoms with Gasteiger partial charge in [-0.25, -0.2) is 14.4 Å². The van der Waals surface area contributed by atoms with Crippen molar-refractivity contribution in [2.45, 2.75) is 166 Å². The monoisotopic (exact) mass is 1130 g/mol. The van der Waals surface area contributed by atoms with Gasteiger partial charge >= 0.3 is 17.9 Å². The first-order valence-electron chi connectivity index (χ1n) is 33.3.